The molecule has 0 saturated carbocycles. The number of aliphatic hydroxyl groups is 1. The third kappa shape index (κ3) is 4.74. The molecule has 0 radical (unpaired) electrons. The largest absolute Gasteiger partial charge is 0.497 e. The van der Waals surface area contributed by atoms with Crippen LogP contribution in [0.4, 0.5) is 5.69 Å². The molecule has 1 unspecified atom stereocenters. The van der Waals surface area contributed by atoms with Crippen molar-refractivity contribution in [1.29, 1.82) is 0 Å². The molecule has 4 nitrogen and oxygen atoms in total. The number of nitrogens with zero attached hydrogens (tertiary/aromatic N) is 2. The number of aliphatic hydroxyl groups excluding tert-OH is 1. The molecule has 1 aliphatic carbocycles. The highest BCUT2D eigenvalue weighted by Gasteiger charge is 2.27. The first-order valence-electron chi connectivity index (χ1n) is 12.7. The van der Waals surface area contributed by atoms with Crippen molar-refractivity contribution >= 4 is 45.1 Å². The smallest absolute Gasteiger partial charge is 0.263 e. The first-order chi connectivity index (χ1) is 17.4. The summed E-state index contributed by atoms with van der Waals surface area (Å²) in [7, 11) is 1.70. The van der Waals surface area contributed by atoms with E-state index in [-0.39, 0.29) is 6.61 Å². The molecule has 0 fully saturated rings. The van der Waals surface area contributed by atoms with Crippen LogP contribution in [-0.2, 0) is 6.54 Å². The highest BCUT2D eigenvalue weighted by atomic mass is 32.2. The number of aromatic nitrogens is 1. The Bertz CT molecular complexity index is 1400. The number of benzene rings is 2. The van der Waals surface area contributed by atoms with Gasteiger partial charge in [0.15, 0.2) is 6.54 Å². The maximum Gasteiger partial charge on any atom is 0.263 e. The van der Waals surface area contributed by atoms with Crippen LogP contribution in [0.25, 0.3) is 16.3 Å². The van der Waals surface area contributed by atoms with E-state index in [4.69, 9.17) is 4.74 Å². The van der Waals surface area contributed by atoms with Crippen LogP contribution in [0.2, 0.25) is 0 Å². The lowest BCUT2D eigenvalue weighted by Gasteiger charge is -2.25. The summed E-state index contributed by atoms with van der Waals surface area (Å²) in [5.74, 6) is 1.42. The zero-order valence-electron chi connectivity index (χ0n) is 21.8. The van der Waals surface area contributed by atoms with Crippen LogP contribution in [0.1, 0.15) is 44.2 Å². The summed E-state index contributed by atoms with van der Waals surface area (Å²) in [6, 6.07) is 13.0. The molecular weight excluding hydrogens is 484 g/mol. The Morgan fingerprint density at radius 2 is 1.97 bits per heavy atom. The van der Waals surface area contributed by atoms with Gasteiger partial charge in [0.2, 0.25) is 5.52 Å². The number of hydrogen-bond acceptors (Lipinski definition) is 5. The SMILES string of the molecule is CCN1C(=CC2=C(C)C(=Cc3sc4ccc(OC)cc4[n+]3CCO)CC(C)C2)Sc2ccc(C)cc21. The molecule has 1 aliphatic heterocycles. The van der Waals surface area contributed by atoms with Crippen LogP contribution in [0.3, 0.4) is 0 Å². The van der Waals surface area contributed by atoms with Gasteiger partial charge >= 0.3 is 0 Å². The number of rotatable bonds is 6. The van der Waals surface area contributed by atoms with Gasteiger partial charge in [0.25, 0.3) is 5.01 Å². The third-order valence-electron chi connectivity index (χ3n) is 7.16. The molecule has 0 amide bonds. The van der Waals surface area contributed by atoms with Gasteiger partial charge in [0, 0.05) is 17.5 Å². The Labute approximate surface area is 222 Å². The second-order valence-corrected chi connectivity index (χ2v) is 11.9. The minimum absolute atomic E-state index is 0.108. The van der Waals surface area contributed by atoms with Gasteiger partial charge in [0.05, 0.1) is 23.9 Å². The fourth-order valence-corrected chi connectivity index (χ4v) is 7.57. The summed E-state index contributed by atoms with van der Waals surface area (Å²) in [6.45, 7) is 10.7. The molecule has 1 aromatic heterocycles. The summed E-state index contributed by atoms with van der Waals surface area (Å²) in [5, 5.41) is 12.3. The molecule has 188 valence electrons. The van der Waals surface area contributed by atoms with E-state index in [1.165, 1.54) is 47.6 Å². The van der Waals surface area contributed by atoms with Crippen molar-refractivity contribution in [3.63, 3.8) is 0 Å². The number of ether oxygens (including phenoxy) is 1. The Morgan fingerprint density at radius 3 is 2.72 bits per heavy atom. The summed E-state index contributed by atoms with van der Waals surface area (Å²) < 4.78 is 8.90. The molecule has 36 heavy (non-hydrogen) atoms. The normalized spacial score (nSPS) is 20.2. The molecule has 0 bridgehead atoms. The predicted octanol–water partition coefficient (Wildman–Crippen LogP) is 7.10. The molecule has 3 aromatic rings. The lowest BCUT2D eigenvalue weighted by molar-refractivity contribution is -0.670. The van der Waals surface area contributed by atoms with Crippen molar-refractivity contribution in [3.8, 4) is 5.75 Å². The van der Waals surface area contributed by atoms with E-state index in [1.54, 1.807) is 18.4 Å². The topological polar surface area (TPSA) is 36.6 Å². The monoisotopic (exact) mass is 519 g/mol. The van der Waals surface area contributed by atoms with Crippen molar-refractivity contribution in [2.24, 2.45) is 5.92 Å². The number of aryl methyl sites for hydroxylation is 1. The standard InChI is InChI=1S/C30H35N2O2S2/c1-6-31-25-15-19(2)7-9-27(25)35-29(31)16-22-13-20(3)14-23(21(22)4)17-30-32(11-12-33)26-18-24(34-5)8-10-28(26)36-30/h7-10,15-18,20,33H,6,11-14H2,1-5H3/q+1. The number of thiazole rings is 1. The number of methoxy groups -OCH3 is 1. The second-order valence-electron chi connectivity index (χ2n) is 9.78. The van der Waals surface area contributed by atoms with Crippen LogP contribution in [0.5, 0.6) is 5.75 Å². The number of hydrogen-bond donors (Lipinski definition) is 1. The molecule has 2 aromatic carbocycles. The lowest BCUT2D eigenvalue weighted by atomic mass is 9.81. The molecule has 2 aliphatic rings. The first kappa shape index (κ1) is 25.1. The van der Waals surface area contributed by atoms with Gasteiger partial charge in [-0.15, -0.1) is 0 Å². The molecular formula is C30H35N2O2S2+. The zero-order valence-corrected chi connectivity index (χ0v) is 23.4. The van der Waals surface area contributed by atoms with E-state index >= 15 is 0 Å². The predicted molar refractivity (Wildman–Crippen MR) is 153 cm³/mol. The summed E-state index contributed by atoms with van der Waals surface area (Å²) in [4.78, 5) is 3.79. The van der Waals surface area contributed by atoms with E-state index < -0.39 is 0 Å². The van der Waals surface area contributed by atoms with Crippen molar-refractivity contribution < 1.29 is 14.4 Å². The van der Waals surface area contributed by atoms with Crippen LogP contribution < -0.4 is 14.2 Å². The van der Waals surface area contributed by atoms with E-state index in [2.05, 4.69) is 79.6 Å². The minimum atomic E-state index is 0.108. The molecule has 1 N–H and O–H groups in total. The molecule has 0 saturated heterocycles. The number of thioether (sulfide) groups is 1. The Kier molecular flexibility index (Phi) is 7.29. The van der Waals surface area contributed by atoms with Gasteiger partial charge in [-0.05, 0) is 92.2 Å². The van der Waals surface area contributed by atoms with E-state index in [0.29, 0.717) is 12.5 Å². The second kappa shape index (κ2) is 10.4. The number of fused-ring (bicyclic) bond motifs is 2. The highest BCUT2D eigenvalue weighted by molar-refractivity contribution is 8.03. The van der Waals surface area contributed by atoms with E-state index in [1.807, 2.05) is 17.8 Å². The average Bonchev–Trinajstić information content (AvgIpc) is 3.38. The Balaban J connectivity index is 1.56. The molecule has 0 spiro atoms. The molecule has 5 rings (SSSR count). The molecule has 1 atom stereocenters. The van der Waals surface area contributed by atoms with E-state index in [0.717, 1.165) is 30.7 Å². The van der Waals surface area contributed by atoms with Gasteiger partial charge in [-0.3, -0.25) is 0 Å². The Morgan fingerprint density at radius 1 is 1.14 bits per heavy atom. The minimum Gasteiger partial charge on any atom is -0.497 e. The van der Waals surface area contributed by atoms with Crippen molar-refractivity contribution in [2.75, 3.05) is 25.2 Å². The third-order valence-corrected chi connectivity index (χ3v) is 9.38. The quantitative estimate of drug-likeness (QED) is 0.352. The number of allylic oxidation sites excluding steroid dienone is 4. The van der Waals surface area contributed by atoms with Crippen LogP contribution in [0.15, 0.2) is 69.1 Å². The van der Waals surface area contributed by atoms with Gasteiger partial charge in [-0.1, -0.05) is 36.1 Å². The highest BCUT2D eigenvalue weighted by Crippen LogP contribution is 2.47. The van der Waals surface area contributed by atoms with Crippen molar-refractivity contribution in [3.05, 3.63) is 74.8 Å². The molecule has 6 heteroatoms. The lowest BCUT2D eigenvalue weighted by Crippen LogP contribution is -2.37. The van der Waals surface area contributed by atoms with Crippen LogP contribution >= 0.6 is 23.1 Å². The fourth-order valence-electron chi connectivity index (χ4n) is 5.26. The zero-order chi connectivity index (χ0) is 25.4. The molecule has 2 heterocycles. The van der Waals surface area contributed by atoms with E-state index in [9.17, 15) is 5.11 Å². The maximum atomic E-state index is 9.80. The van der Waals surface area contributed by atoms with Crippen LogP contribution in [-0.4, -0.2) is 25.4 Å². The summed E-state index contributed by atoms with van der Waals surface area (Å²) >= 11 is 3.67. The summed E-state index contributed by atoms with van der Waals surface area (Å²) in [6.07, 6.45) is 6.95. The Hall–Kier alpha value is -2.54. The van der Waals surface area contributed by atoms with Crippen molar-refractivity contribution in [2.45, 2.75) is 52.0 Å². The fraction of sp³-hybridized carbons (Fsp3) is 0.367. The maximum absolute atomic E-state index is 9.80. The van der Waals surface area contributed by atoms with Gasteiger partial charge in [0.1, 0.15) is 17.1 Å². The number of anilines is 1. The first-order valence-corrected chi connectivity index (χ1v) is 14.3. The van der Waals surface area contributed by atoms with Crippen molar-refractivity contribution in [1.82, 2.24) is 0 Å². The van der Waals surface area contributed by atoms with Gasteiger partial charge < -0.3 is 14.7 Å². The van der Waals surface area contributed by atoms with Crippen LogP contribution in [0, 0.1) is 12.8 Å². The summed E-state index contributed by atoms with van der Waals surface area (Å²) in [5.41, 5.74) is 7.96. The van der Waals surface area contributed by atoms with Gasteiger partial charge in [-0.25, -0.2) is 0 Å². The average molecular weight is 520 g/mol. The van der Waals surface area contributed by atoms with Gasteiger partial charge in [-0.2, -0.15) is 4.57 Å².